The average molecular weight is 492 g/mol. The number of halogens is 1. The van der Waals surface area contributed by atoms with E-state index in [0.717, 1.165) is 79.2 Å². The van der Waals surface area contributed by atoms with E-state index >= 15 is 4.39 Å². The van der Waals surface area contributed by atoms with Crippen molar-refractivity contribution >= 4 is 22.4 Å². The summed E-state index contributed by atoms with van der Waals surface area (Å²) >= 11 is 0. The largest absolute Gasteiger partial charge is 0.380 e. The number of aromatic amines is 1. The summed E-state index contributed by atoms with van der Waals surface area (Å²) in [4.78, 5) is 14.5. The van der Waals surface area contributed by atoms with Gasteiger partial charge in [0.05, 0.1) is 30.6 Å². The first-order chi connectivity index (χ1) is 17.3. The highest BCUT2D eigenvalue weighted by atomic mass is 19.1. The van der Waals surface area contributed by atoms with Crippen molar-refractivity contribution in [3.8, 4) is 11.3 Å². The first kappa shape index (κ1) is 23.4. The Balaban J connectivity index is 1.30. The number of aromatic nitrogens is 5. The van der Waals surface area contributed by atoms with Gasteiger partial charge in [0.1, 0.15) is 6.33 Å². The fourth-order valence-electron chi connectivity index (χ4n) is 5.66. The number of nitrogens with one attached hydrogen (secondary N) is 2. The average Bonchev–Trinajstić information content (AvgIpc) is 3.48. The third-order valence-electron chi connectivity index (χ3n) is 7.74. The molecule has 2 aliphatic rings. The minimum absolute atomic E-state index is 0.122. The molecular weight excluding hydrogens is 457 g/mol. The minimum atomic E-state index is -0.234. The van der Waals surface area contributed by atoms with E-state index in [1.54, 1.807) is 17.0 Å². The molecule has 0 aromatic carbocycles. The summed E-state index contributed by atoms with van der Waals surface area (Å²) in [6.45, 7) is 12.7. The lowest BCUT2D eigenvalue weighted by atomic mass is 9.88. The van der Waals surface area contributed by atoms with E-state index in [1.807, 2.05) is 13.1 Å². The summed E-state index contributed by atoms with van der Waals surface area (Å²) in [5.41, 5.74) is 5.67. The minimum Gasteiger partial charge on any atom is -0.380 e. The van der Waals surface area contributed by atoms with Gasteiger partial charge in [-0.1, -0.05) is 20.8 Å². The molecule has 2 saturated heterocycles. The van der Waals surface area contributed by atoms with Crippen molar-refractivity contribution in [3.05, 3.63) is 41.7 Å². The summed E-state index contributed by atoms with van der Waals surface area (Å²) in [7, 11) is 0. The zero-order valence-corrected chi connectivity index (χ0v) is 21.4. The highest BCUT2D eigenvalue weighted by molar-refractivity contribution is 5.93. The van der Waals surface area contributed by atoms with Crippen LogP contribution in [0.4, 0.5) is 10.2 Å². The fourth-order valence-corrected chi connectivity index (χ4v) is 5.66. The molecule has 36 heavy (non-hydrogen) atoms. The molecule has 0 atom stereocenters. The first-order valence-electron chi connectivity index (χ1n) is 12.9. The fraction of sp³-hybridized carbons (Fsp3) is 0.519. The summed E-state index contributed by atoms with van der Waals surface area (Å²) in [6.07, 6.45) is 7.24. The van der Waals surface area contributed by atoms with Crippen molar-refractivity contribution in [2.45, 2.75) is 52.5 Å². The van der Waals surface area contributed by atoms with Gasteiger partial charge < -0.3 is 19.9 Å². The molecule has 9 heteroatoms. The van der Waals surface area contributed by atoms with E-state index in [0.29, 0.717) is 17.2 Å². The number of fused-ring (bicyclic) bond motifs is 2. The van der Waals surface area contributed by atoms with Crippen LogP contribution in [-0.4, -0.2) is 63.5 Å². The molecule has 2 fully saturated rings. The number of ether oxygens (including phenoxy) is 1. The second-order valence-electron chi connectivity index (χ2n) is 11.1. The van der Waals surface area contributed by atoms with Gasteiger partial charge in [-0.2, -0.15) is 5.10 Å². The molecule has 0 aliphatic carbocycles. The Hall–Kier alpha value is -3.04. The number of rotatable bonds is 6. The summed E-state index contributed by atoms with van der Waals surface area (Å²) in [5, 5.41) is 8.66. The predicted octanol–water partition coefficient (Wildman–Crippen LogP) is 4.44. The van der Waals surface area contributed by atoms with Crippen molar-refractivity contribution in [2.24, 2.45) is 5.41 Å². The quantitative estimate of drug-likeness (QED) is 0.415. The van der Waals surface area contributed by atoms with Gasteiger partial charge in [0.25, 0.3) is 0 Å². The van der Waals surface area contributed by atoms with Crippen LogP contribution in [0.2, 0.25) is 0 Å². The lowest BCUT2D eigenvalue weighted by molar-refractivity contribution is -0.100. The highest BCUT2D eigenvalue weighted by Gasteiger charge is 2.34. The van der Waals surface area contributed by atoms with Gasteiger partial charge >= 0.3 is 0 Å². The molecule has 0 radical (unpaired) electrons. The molecular formula is C27H34FN7O. The lowest BCUT2D eigenvalue weighted by Gasteiger charge is -2.40. The number of aryl methyl sites for hydroxylation is 1. The Kier molecular flexibility index (Phi) is 5.72. The van der Waals surface area contributed by atoms with Crippen molar-refractivity contribution in [1.29, 1.82) is 0 Å². The van der Waals surface area contributed by atoms with Crippen LogP contribution in [0.5, 0.6) is 0 Å². The van der Waals surface area contributed by atoms with E-state index in [4.69, 9.17) is 4.74 Å². The van der Waals surface area contributed by atoms with Gasteiger partial charge in [-0.05, 0) is 42.9 Å². The number of pyridine rings is 2. The van der Waals surface area contributed by atoms with Crippen LogP contribution in [0.15, 0.2) is 24.8 Å². The predicted molar refractivity (Wildman–Crippen MR) is 139 cm³/mol. The number of H-pyrrole nitrogens is 1. The Labute approximate surface area is 210 Å². The van der Waals surface area contributed by atoms with Crippen LogP contribution < -0.4 is 10.2 Å². The molecule has 0 spiro atoms. The first-order valence-corrected chi connectivity index (χ1v) is 12.9. The topological polar surface area (TPSA) is 83.4 Å². The Morgan fingerprint density at radius 1 is 1.25 bits per heavy atom. The molecule has 0 saturated carbocycles. The Morgan fingerprint density at radius 3 is 2.72 bits per heavy atom. The summed E-state index contributed by atoms with van der Waals surface area (Å²) in [5.74, 6) is 0.343. The van der Waals surface area contributed by atoms with Gasteiger partial charge in [0.15, 0.2) is 17.3 Å². The molecule has 8 nitrogen and oxygen atoms in total. The van der Waals surface area contributed by atoms with Crippen molar-refractivity contribution in [1.82, 2.24) is 29.9 Å². The van der Waals surface area contributed by atoms with Gasteiger partial charge in [-0.3, -0.25) is 0 Å². The number of hydrogen-bond acceptors (Lipinski definition) is 6. The maximum absolute atomic E-state index is 16.2. The second kappa shape index (κ2) is 8.81. The van der Waals surface area contributed by atoms with Gasteiger partial charge in [0.2, 0.25) is 0 Å². The molecule has 4 aromatic heterocycles. The van der Waals surface area contributed by atoms with Gasteiger partial charge in [-0.25, -0.2) is 18.9 Å². The van der Waals surface area contributed by atoms with Crippen LogP contribution >= 0.6 is 0 Å². The number of anilines is 1. The number of nitrogens with zero attached hydrogens (tertiary/aromatic N) is 5. The maximum atomic E-state index is 16.2. The molecule has 6 rings (SSSR count). The van der Waals surface area contributed by atoms with E-state index in [9.17, 15) is 0 Å². The molecule has 0 amide bonds. The van der Waals surface area contributed by atoms with Crippen molar-refractivity contribution in [3.63, 3.8) is 0 Å². The number of hydrogen-bond donors (Lipinski definition) is 2. The van der Waals surface area contributed by atoms with Crippen molar-refractivity contribution < 1.29 is 9.13 Å². The molecule has 2 aliphatic heterocycles. The second-order valence-corrected chi connectivity index (χ2v) is 11.1. The zero-order chi connectivity index (χ0) is 25.0. The van der Waals surface area contributed by atoms with Crippen molar-refractivity contribution in [2.75, 3.05) is 37.7 Å². The molecule has 2 N–H and O–H groups in total. The van der Waals surface area contributed by atoms with E-state index < -0.39 is 0 Å². The van der Waals surface area contributed by atoms with E-state index in [-0.39, 0.29) is 17.2 Å². The number of piperidine rings is 1. The van der Waals surface area contributed by atoms with Crippen LogP contribution in [0.1, 0.15) is 50.7 Å². The smallest absolute Gasteiger partial charge is 0.175 e. The zero-order valence-electron chi connectivity index (χ0n) is 21.4. The summed E-state index contributed by atoms with van der Waals surface area (Å²) < 4.78 is 23.3. The van der Waals surface area contributed by atoms with Gasteiger partial charge in [-0.15, -0.1) is 0 Å². The Morgan fingerprint density at radius 2 is 2.03 bits per heavy atom. The normalized spacial score (nSPS) is 18.4. The monoisotopic (exact) mass is 491 g/mol. The van der Waals surface area contributed by atoms with Crippen LogP contribution in [0, 0.1) is 18.2 Å². The summed E-state index contributed by atoms with van der Waals surface area (Å²) in [6, 6.07) is 2.53. The molecule has 4 aromatic rings. The van der Waals surface area contributed by atoms with Gasteiger partial charge in [0, 0.05) is 48.2 Å². The van der Waals surface area contributed by atoms with E-state index in [1.165, 1.54) is 0 Å². The standard InChI is InChI=1S/C27H34FN7O/c1-16(2)21-22-20(33-24(21)18-9-17(3)25-31-15-32-35(25)11-18)10-29-26(23(22)28)34-7-5-19(6-8-34)30-12-27(4)13-36-14-27/h9-11,15-16,19,30,33H,5-8,12-14H2,1-4H3. The molecule has 190 valence electrons. The van der Waals surface area contributed by atoms with Crippen LogP contribution in [-0.2, 0) is 4.74 Å². The lowest BCUT2D eigenvalue weighted by Crippen LogP contribution is -2.51. The van der Waals surface area contributed by atoms with E-state index in [2.05, 4.69) is 57.1 Å². The van der Waals surface area contributed by atoms with Crippen LogP contribution in [0.3, 0.4) is 0 Å². The molecule has 0 unspecified atom stereocenters. The molecule has 0 bridgehead atoms. The van der Waals surface area contributed by atoms with Crippen LogP contribution in [0.25, 0.3) is 27.8 Å². The maximum Gasteiger partial charge on any atom is 0.175 e. The molecule has 6 heterocycles. The highest BCUT2D eigenvalue weighted by Crippen LogP contribution is 2.39. The Bertz CT molecular complexity index is 1410. The third kappa shape index (κ3) is 3.94. The SMILES string of the molecule is Cc1cc(-c2[nH]c3cnc(N4CCC(NCC5(C)COC5)CC4)c(F)c3c2C(C)C)cn2ncnc12. The third-order valence-corrected chi connectivity index (χ3v) is 7.74.